The monoisotopic (exact) mass is 345 g/mol. The molecule has 1 aromatic rings. The van der Waals surface area contributed by atoms with Gasteiger partial charge in [0.05, 0.1) is 3.79 Å². The lowest BCUT2D eigenvalue weighted by molar-refractivity contribution is 0.578. The van der Waals surface area contributed by atoms with Crippen LogP contribution in [-0.2, 0) is 10.0 Å². The topological polar surface area (TPSA) is 46.2 Å². The molecule has 0 aromatic carbocycles. The fraction of sp³-hybridized carbons (Fsp3) is 0.556. The predicted octanol–water partition coefficient (Wildman–Crippen LogP) is 3.20. The minimum atomic E-state index is -3.32. The fourth-order valence-electron chi connectivity index (χ4n) is 1.12. The average Bonchev–Trinajstić information content (AvgIpc) is 2.65. The third kappa shape index (κ3) is 4.71. The van der Waals surface area contributed by atoms with E-state index in [4.69, 9.17) is 11.6 Å². The summed E-state index contributed by atoms with van der Waals surface area (Å²) in [5.41, 5.74) is 0. The number of alkyl halides is 1. The summed E-state index contributed by atoms with van der Waals surface area (Å²) in [5.74, 6) is 0.630. The van der Waals surface area contributed by atoms with Gasteiger partial charge in [0.15, 0.2) is 0 Å². The molecule has 0 spiro atoms. The first-order chi connectivity index (χ1) is 7.56. The summed E-state index contributed by atoms with van der Waals surface area (Å²) in [5, 5.41) is 0. The third-order valence-electron chi connectivity index (χ3n) is 1.92. The SMILES string of the molecule is O=S(=O)(NCCCCCCl)c1ccc(Br)s1. The zero-order valence-corrected chi connectivity index (χ0v) is 12.6. The van der Waals surface area contributed by atoms with Crippen LogP contribution in [0, 0.1) is 0 Å². The van der Waals surface area contributed by atoms with Crippen molar-refractivity contribution < 1.29 is 8.42 Å². The molecule has 0 amide bonds. The normalized spacial score (nSPS) is 11.9. The van der Waals surface area contributed by atoms with Crippen molar-refractivity contribution in [3.05, 3.63) is 15.9 Å². The first-order valence-electron chi connectivity index (χ1n) is 4.87. The number of hydrogen-bond acceptors (Lipinski definition) is 3. The van der Waals surface area contributed by atoms with Crippen molar-refractivity contribution in [2.24, 2.45) is 0 Å². The van der Waals surface area contributed by atoms with E-state index in [1.165, 1.54) is 11.3 Å². The second kappa shape index (κ2) is 6.96. The van der Waals surface area contributed by atoms with Crippen molar-refractivity contribution in [2.75, 3.05) is 12.4 Å². The molecule has 0 unspecified atom stereocenters. The maximum absolute atomic E-state index is 11.7. The van der Waals surface area contributed by atoms with E-state index in [-0.39, 0.29) is 0 Å². The molecule has 0 radical (unpaired) electrons. The van der Waals surface area contributed by atoms with E-state index < -0.39 is 10.0 Å². The van der Waals surface area contributed by atoms with Crippen molar-refractivity contribution in [1.29, 1.82) is 0 Å². The van der Waals surface area contributed by atoms with Crippen LogP contribution in [0.3, 0.4) is 0 Å². The summed E-state index contributed by atoms with van der Waals surface area (Å²) >= 11 is 9.97. The van der Waals surface area contributed by atoms with Gasteiger partial charge < -0.3 is 0 Å². The number of nitrogens with one attached hydrogen (secondary N) is 1. The number of halogens is 2. The Kier molecular flexibility index (Phi) is 6.28. The van der Waals surface area contributed by atoms with Gasteiger partial charge in [-0.25, -0.2) is 13.1 Å². The fourth-order valence-corrected chi connectivity index (χ4v) is 4.43. The lowest BCUT2D eigenvalue weighted by atomic mass is 10.2. The van der Waals surface area contributed by atoms with Gasteiger partial charge in [-0.05, 0) is 40.9 Å². The van der Waals surface area contributed by atoms with Crippen LogP contribution in [0.4, 0.5) is 0 Å². The van der Waals surface area contributed by atoms with Gasteiger partial charge in [-0.3, -0.25) is 0 Å². The summed E-state index contributed by atoms with van der Waals surface area (Å²) in [6.07, 6.45) is 2.69. The molecule has 92 valence electrons. The highest BCUT2D eigenvalue weighted by Gasteiger charge is 2.15. The lowest BCUT2D eigenvalue weighted by Crippen LogP contribution is -2.23. The van der Waals surface area contributed by atoms with Crippen LogP contribution in [-0.4, -0.2) is 20.8 Å². The Labute approximate surface area is 113 Å². The maximum atomic E-state index is 11.7. The summed E-state index contributed by atoms with van der Waals surface area (Å²) in [4.78, 5) is 0. The lowest BCUT2D eigenvalue weighted by Gasteiger charge is -2.03. The predicted molar refractivity (Wildman–Crippen MR) is 71.8 cm³/mol. The number of hydrogen-bond donors (Lipinski definition) is 1. The molecule has 0 bridgehead atoms. The standard InChI is InChI=1S/C9H13BrClNO2S2/c10-8-4-5-9(15-8)16(13,14)12-7-3-1-2-6-11/h4-5,12H,1-3,6-7H2. The van der Waals surface area contributed by atoms with E-state index >= 15 is 0 Å². The van der Waals surface area contributed by atoms with Gasteiger partial charge in [0.25, 0.3) is 0 Å². The molecule has 7 heteroatoms. The molecule has 1 heterocycles. The molecule has 0 fully saturated rings. The Hall–Kier alpha value is 0.380. The largest absolute Gasteiger partial charge is 0.250 e. The van der Waals surface area contributed by atoms with Crippen LogP contribution < -0.4 is 4.72 Å². The number of thiophene rings is 1. The van der Waals surface area contributed by atoms with Crippen molar-refractivity contribution in [1.82, 2.24) is 4.72 Å². The Bertz CT molecular complexity index is 419. The van der Waals surface area contributed by atoms with Crippen LogP contribution in [0.5, 0.6) is 0 Å². The third-order valence-corrected chi connectivity index (χ3v) is 5.76. The van der Waals surface area contributed by atoms with Gasteiger partial charge in [0.2, 0.25) is 10.0 Å². The van der Waals surface area contributed by atoms with Crippen molar-refractivity contribution in [3.8, 4) is 0 Å². The number of sulfonamides is 1. The van der Waals surface area contributed by atoms with Gasteiger partial charge >= 0.3 is 0 Å². The summed E-state index contributed by atoms with van der Waals surface area (Å²) in [6.45, 7) is 0.467. The van der Waals surface area contributed by atoms with Crippen molar-refractivity contribution in [2.45, 2.75) is 23.5 Å². The molecule has 0 saturated heterocycles. The van der Waals surface area contributed by atoms with Crippen LogP contribution in [0.1, 0.15) is 19.3 Å². The van der Waals surface area contributed by atoms with Crippen molar-refractivity contribution in [3.63, 3.8) is 0 Å². The zero-order valence-electron chi connectivity index (χ0n) is 8.58. The Morgan fingerprint density at radius 1 is 1.31 bits per heavy atom. The molecule has 0 aliphatic rings. The van der Waals surface area contributed by atoms with Gasteiger partial charge in [0.1, 0.15) is 4.21 Å². The minimum absolute atomic E-state index is 0.344. The van der Waals surface area contributed by atoms with Crippen molar-refractivity contribution >= 4 is 48.9 Å². The summed E-state index contributed by atoms with van der Waals surface area (Å²) in [7, 11) is -3.32. The first kappa shape index (κ1) is 14.4. The molecule has 0 saturated carbocycles. The highest BCUT2D eigenvalue weighted by Crippen LogP contribution is 2.25. The maximum Gasteiger partial charge on any atom is 0.250 e. The Balaban J connectivity index is 2.41. The van der Waals surface area contributed by atoms with Gasteiger partial charge in [-0.2, -0.15) is 0 Å². The molecule has 0 atom stereocenters. The molecular weight excluding hydrogens is 334 g/mol. The minimum Gasteiger partial charge on any atom is -0.210 e. The van der Waals surface area contributed by atoms with E-state index in [2.05, 4.69) is 20.7 Å². The number of unbranched alkanes of at least 4 members (excludes halogenated alkanes) is 2. The highest BCUT2D eigenvalue weighted by molar-refractivity contribution is 9.11. The van der Waals surface area contributed by atoms with E-state index in [1.54, 1.807) is 12.1 Å². The van der Waals surface area contributed by atoms with Crippen LogP contribution in [0.15, 0.2) is 20.1 Å². The molecule has 1 aromatic heterocycles. The first-order valence-corrected chi connectivity index (χ1v) is 8.50. The number of rotatable bonds is 7. The summed E-state index contributed by atoms with van der Waals surface area (Å²) in [6, 6.07) is 3.32. The zero-order chi connectivity index (χ0) is 12.0. The van der Waals surface area contributed by atoms with Crippen LogP contribution in [0.2, 0.25) is 0 Å². The van der Waals surface area contributed by atoms with Gasteiger partial charge in [0, 0.05) is 12.4 Å². The Morgan fingerprint density at radius 3 is 2.62 bits per heavy atom. The second-order valence-electron chi connectivity index (χ2n) is 3.21. The van der Waals surface area contributed by atoms with E-state index in [9.17, 15) is 8.42 Å². The Morgan fingerprint density at radius 2 is 2.06 bits per heavy atom. The molecule has 3 nitrogen and oxygen atoms in total. The van der Waals surface area contributed by atoms with E-state index in [0.29, 0.717) is 16.6 Å². The van der Waals surface area contributed by atoms with E-state index in [0.717, 1.165) is 23.0 Å². The molecule has 16 heavy (non-hydrogen) atoms. The van der Waals surface area contributed by atoms with Gasteiger partial charge in [-0.15, -0.1) is 22.9 Å². The van der Waals surface area contributed by atoms with Crippen LogP contribution >= 0.6 is 38.9 Å². The smallest absolute Gasteiger partial charge is 0.210 e. The average molecular weight is 347 g/mol. The molecule has 0 aliphatic carbocycles. The summed E-state index contributed by atoms with van der Waals surface area (Å²) < 4.78 is 27.2. The molecular formula is C9H13BrClNO2S2. The molecule has 1 N–H and O–H groups in total. The quantitative estimate of drug-likeness (QED) is 0.609. The highest BCUT2D eigenvalue weighted by atomic mass is 79.9. The second-order valence-corrected chi connectivity index (χ2v) is 8.04. The molecule has 1 rings (SSSR count). The van der Waals surface area contributed by atoms with E-state index in [1.807, 2.05) is 0 Å². The van der Waals surface area contributed by atoms with Gasteiger partial charge in [-0.1, -0.05) is 6.42 Å². The molecule has 0 aliphatic heterocycles. The van der Waals surface area contributed by atoms with Crippen LogP contribution in [0.25, 0.3) is 0 Å².